The van der Waals surface area contributed by atoms with Crippen molar-refractivity contribution in [3.8, 4) is 0 Å². The van der Waals surface area contributed by atoms with E-state index in [-0.39, 0.29) is 0 Å². The molecule has 2 aliphatic carbocycles. The van der Waals surface area contributed by atoms with Gasteiger partial charge in [0.15, 0.2) is 0 Å². The molecule has 2 aromatic rings. The zero-order valence-electron chi connectivity index (χ0n) is 9.80. The van der Waals surface area contributed by atoms with Gasteiger partial charge in [-0.3, -0.25) is 0 Å². The molecule has 0 nitrogen and oxygen atoms in total. The average Bonchev–Trinajstić information content (AvgIpc) is 2.87. The van der Waals surface area contributed by atoms with Gasteiger partial charge in [-0.15, -0.1) is 0 Å². The van der Waals surface area contributed by atoms with Crippen LogP contribution in [0, 0.1) is 0 Å². The summed E-state index contributed by atoms with van der Waals surface area (Å²) in [7, 11) is 0. The molecule has 0 aliphatic heterocycles. The minimum absolute atomic E-state index is 1.15. The Balaban J connectivity index is 2.23. The van der Waals surface area contributed by atoms with Crippen molar-refractivity contribution in [2.24, 2.45) is 0 Å². The monoisotopic (exact) mass is 384 g/mol. The van der Waals surface area contributed by atoms with E-state index in [9.17, 15) is 0 Å². The van der Waals surface area contributed by atoms with Crippen molar-refractivity contribution in [1.29, 1.82) is 0 Å². The van der Waals surface area contributed by atoms with E-state index in [1.54, 1.807) is 19.8 Å². The summed E-state index contributed by atoms with van der Waals surface area (Å²) in [5, 5.41) is 3.03. The fourth-order valence-corrected chi connectivity index (χ4v) is 4.21. The van der Waals surface area contributed by atoms with Gasteiger partial charge in [0, 0.05) is 0 Å². The number of rotatable bonds is 0. The molecule has 0 fully saturated rings. The number of hydrogen-bond acceptors (Lipinski definition) is 0. The first-order valence-corrected chi connectivity index (χ1v) is 7.90. The molecule has 0 bridgehead atoms. The Morgan fingerprint density at radius 2 is 1.94 bits per heavy atom. The van der Waals surface area contributed by atoms with Crippen LogP contribution < -0.4 is 0 Å². The van der Waals surface area contributed by atoms with Crippen molar-refractivity contribution in [3.05, 3.63) is 52.1 Å². The second kappa shape index (κ2) is 3.35. The number of fused-ring (bicyclic) bond motifs is 2. The minimum atomic E-state index is 1.15. The molecular formula is C16H12Hf+2. The van der Waals surface area contributed by atoms with E-state index in [4.69, 9.17) is 0 Å². The fourth-order valence-electron chi connectivity index (χ4n) is 3.21. The van der Waals surface area contributed by atoms with Crippen LogP contribution in [0.3, 0.4) is 0 Å². The SMILES string of the molecule is CC1=Cc2c(cc3c4c(cccc24)CC3)[C]1=[Hf+2]. The molecule has 1 heteroatoms. The first-order chi connectivity index (χ1) is 8.25. The van der Waals surface area contributed by atoms with Crippen molar-refractivity contribution in [1.82, 2.24) is 0 Å². The van der Waals surface area contributed by atoms with Gasteiger partial charge in [-0.05, 0) is 0 Å². The van der Waals surface area contributed by atoms with Crippen LogP contribution in [0.2, 0.25) is 0 Å². The van der Waals surface area contributed by atoms with Crippen molar-refractivity contribution in [2.75, 3.05) is 0 Å². The summed E-state index contributed by atoms with van der Waals surface area (Å²) in [6, 6.07) is 9.28. The van der Waals surface area contributed by atoms with Gasteiger partial charge in [0.05, 0.1) is 0 Å². The molecular weight excluding hydrogens is 371 g/mol. The summed E-state index contributed by atoms with van der Waals surface area (Å²) in [4.78, 5) is 0. The zero-order chi connectivity index (χ0) is 11.6. The molecule has 0 saturated carbocycles. The van der Waals surface area contributed by atoms with Crippen molar-refractivity contribution < 1.29 is 23.9 Å². The summed E-state index contributed by atoms with van der Waals surface area (Å²) in [6.45, 7) is 2.25. The summed E-state index contributed by atoms with van der Waals surface area (Å²) in [5.41, 5.74) is 7.61. The molecule has 0 atom stereocenters. The summed E-state index contributed by atoms with van der Waals surface area (Å²) in [5.74, 6) is 0. The molecule has 0 saturated heterocycles. The Bertz CT molecular complexity index is 720. The quantitative estimate of drug-likeness (QED) is 0.612. The van der Waals surface area contributed by atoms with Crippen LogP contribution in [0.25, 0.3) is 16.8 Å². The van der Waals surface area contributed by atoms with Crippen molar-refractivity contribution in [3.63, 3.8) is 0 Å². The van der Waals surface area contributed by atoms with Gasteiger partial charge >= 0.3 is 116 Å². The first-order valence-electron chi connectivity index (χ1n) is 6.11. The Hall–Kier alpha value is -0.820. The third-order valence-corrected chi connectivity index (χ3v) is 6.44. The van der Waals surface area contributed by atoms with E-state index in [1.165, 1.54) is 34.9 Å². The molecule has 0 aromatic heterocycles. The summed E-state index contributed by atoms with van der Waals surface area (Å²) in [6.07, 6.45) is 4.85. The predicted molar refractivity (Wildman–Crippen MR) is 69.1 cm³/mol. The topological polar surface area (TPSA) is 0 Å². The molecule has 78 valence electrons. The third kappa shape index (κ3) is 1.24. The molecule has 0 heterocycles. The van der Waals surface area contributed by atoms with Gasteiger partial charge in [0.1, 0.15) is 0 Å². The van der Waals surface area contributed by atoms with E-state index >= 15 is 0 Å². The summed E-state index contributed by atoms with van der Waals surface area (Å²) < 4.78 is 1.59. The second-order valence-corrected chi connectivity index (χ2v) is 6.84. The Kier molecular flexibility index (Phi) is 2.00. The standard InChI is InChI=1S/C16H12.Hf/c1-10-7-13-9-12-6-5-11-3-2-4-14(16(11)12)15(13)8-10;/h2-4,8-9H,5-6H2,1H3;/q;+2. The Morgan fingerprint density at radius 3 is 2.82 bits per heavy atom. The van der Waals surface area contributed by atoms with Crippen LogP contribution in [0.5, 0.6) is 0 Å². The van der Waals surface area contributed by atoms with E-state index in [0.29, 0.717) is 0 Å². The van der Waals surface area contributed by atoms with Crippen LogP contribution in [0.1, 0.15) is 29.2 Å². The average molecular weight is 383 g/mol. The molecule has 0 radical (unpaired) electrons. The zero-order valence-corrected chi connectivity index (χ0v) is 13.4. The number of hydrogen-bond donors (Lipinski definition) is 0. The fraction of sp³-hybridized carbons (Fsp3) is 0.188. The van der Waals surface area contributed by atoms with Crippen molar-refractivity contribution in [2.45, 2.75) is 19.8 Å². The summed E-state index contributed by atoms with van der Waals surface area (Å²) >= 11 is 1.15. The van der Waals surface area contributed by atoms with Gasteiger partial charge in [-0.2, -0.15) is 0 Å². The van der Waals surface area contributed by atoms with Crippen LogP contribution in [-0.4, -0.2) is 3.26 Å². The van der Waals surface area contributed by atoms with Crippen LogP contribution in [0.15, 0.2) is 29.8 Å². The van der Waals surface area contributed by atoms with Crippen LogP contribution in [-0.2, 0) is 36.7 Å². The van der Waals surface area contributed by atoms with Crippen LogP contribution in [0.4, 0.5) is 0 Å². The van der Waals surface area contributed by atoms with Gasteiger partial charge in [-0.1, -0.05) is 0 Å². The molecule has 0 amide bonds. The second-order valence-electron chi connectivity index (χ2n) is 5.04. The molecule has 0 N–H and O–H groups in total. The third-order valence-electron chi connectivity index (χ3n) is 4.06. The van der Waals surface area contributed by atoms with Gasteiger partial charge in [-0.25, -0.2) is 0 Å². The van der Waals surface area contributed by atoms with E-state index in [0.717, 1.165) is 23.9 Å². The predicted octanol–water partition coefficient (Wildman–Crippen LogP) is 3.42. The number of allylic oxidation sites excluding steroid dienone is 1. The normalized spacial score (nSPS) is 16.6. The van der Waals surface area contributed by atoms with Crippen LogP contribution >= 0.6 is 0 Å². The molecule has 4 rings (SSSR count). The van der Waals surface area contributed by atoms with E-state index in [2.05, 4.69) is 37.3 Å². The maximum absolute atomic E-state index is 2.46. The Labute approximate surface area is 115 Å². The van der Waals surface area contributed by atoms with Gasteiger partial charge < -0.3 is 0 Å². The molecule has 2 aliphatic rings. The Morgan fingerprint density at radius 1 is 1.12 bits per heavy atom. The maximum atomic E-state index is 2.46. The molecule has 0 spiro atoms. The molecule has 0 unspecified atom stereocenters. The molecule has 17 heavy (non-hydrogen) atoms. The van der Waals surface area contributed by atoms with E-state index in [1.807, 2.05) is 0 Å². The number of benzene rings is 2. The van der Waals surface area contributed by atoms with Crippen molar-refractivity contribution >= 4 is 20.1 Å². The van der Waals surface area contributed by atoms with E-state index < -0.39 is 0 Å². The number of aryl methyl sites for hydroxylation is 2. The first kappa shape index (κ1) is 10.1. The molecule has 2 aromatic carbocycles. The van der Waals surface area contributed by atoms with Gasteiger partial charge in [0.2, 0.25) is 0 Å². The van der Waals surface area contributed by atoms with Gasteiger partial charge in [0.25, 0.3) is 0 Å².